The molecule has 0 aromatic heterocycles. The lowest BCUT2D eigenvalue weighted by molar-refractivity contribution is 0.152. The smallest absolute Gasteiger partial charge is 0.0894 e. The summed E-state index contributed by atoms with van der Waals surface area (Å²) in [6, 6.07) is 5.85. The van der Waals surface area contributed by atoms with E-state index >= 15 is 0 Å². The van der Waals surface area contributed by atoms with Crippen molar-refractivity contribution >= 4 is 17.3 Å². The lowest BCUT2D eigenvalue weighted by Gasteiger charge is -2.18. The second kappa shape index (κ2) is 3.48. The Morgan fingerprint density at radius 1 is 1.38 bits per heavy atom. The van der Waals surface area contributed by atoms with E-state index in [4.69, 9.17) is 16.3 Å². The number of hydrogen-bond acceptors (Lipinski definition) is 2. The maximum Gasteiger partial charge on any atom is 0.0894 e. The first-order valence-corrected chi connectivity index (χ1v) is 4.52. The summed E-state index contributed by atoms with van der Waals surface area (Å²) in [5.74, 6) is 0. The van der Waals surface area contributed by atoms with E-state index in [1.807, 2.05) is 18.2 Å². The highest BCUT2D eigenvalue weighted by molar-refractivity contribution is 6.32. The van der Waals surface area contributed by atoms with E-state index in [2.05, 4.69) is 4.99 Å². The van der Waals surface area contributed by atoms with E-state index in [0.717, 1.165) is 21.9 Å². The molecule has 0 bridgehead atoms. The van der Waals surface area contributed by atoms with Crippen molar-refractivity contribution in [3.05, 3.63) is 34.3 Å². The SMILES string of the molecule is CN=C1COCc2c(Cl)cccc21. The van der Waals surface area contributed by atoms with Gasteiger partial charge in [-0.25, -0.2) is 0 Å². The number of halogens is 1. The van der Waals surface area contributed by atoms with Gasteiger partial charge in [0.1, 0.15) is 0 Å². The first-order valence-electron chi connectivity index (χ1n) is 4.14. The Labute approximate surface area is 82.2 Å². The lowest BCUT2D eigenvalue weighted by atomic mass is 10.0. The lowest BCUT2D eigenvalue weighted by Crippen LogP contribution is -2.19. The fourth-order valence-electron chi connectivity index (χ4n) is 1.49. The maximum atomic E-state index is 6.03. The predicted molar refractivity (Wildman–Crippen MR) is 53.6 cm³/mol. The number of ether oxygens (including phenoxy) is 1. The standard InChI is InChI=1S/C10H10ClNO/c1-12-10-6-13-5-8-7(10)3-2-4-9(8)11/h2-4H,5-6H2,1H3. The summed E-state index contributed by atoms with van der Waals surface area (Å²) in [6.07, 6.45) is 0. The molecule has 2 rings (SSSR count). The van der Waals surface area contributed by atoms with E-state index in [0.29, 0.717) is 13.2 Å². The van der Waals surface area contributed by atoms with Crippen molar-refractivity contribution in [1.82, 2.24) is 0 Å². The van der Waals surface area contributed by atoms with Crippen LogP contribution in [0, 0.1) is 0 Å². The van der Waals surface area contributed by atoms with Crippen LogP contribution >= 0.6 is 11.6 Å². The normalized spacial score (nSPS) is 18.8. The van der Waals surface area contributed by atoms with Crippen LogP contribution in [0.15, 0.2) is 23.2 Å². The molecular formula is C10H10ClNO. The largest absolute Gasteiger partial charge is 0.370 e. The van der Waals surface area contributed by atoms with Gasteiger partial charge in [0.05, 0.1) is 18.9 Å². The van der Waals surface area contributed by atoms with Gasteiger partial charge in [0.25, 0.3) is 0 Å². The molecule has 1 aliphatic rings. The van der Waals surface area contributed by atoms with Crippen molar-refractivity contribution < 1.29 is 4.74 Å². The quantitative estimate of drug-likeness (QED) is 0.623. The second-order valence-electron chi connectivity index (χ2n) is 2.93. The molecule has 0 fully saturated rings. The fourth-order valence-corrected chi connectivity index (χ4v) is 1.72. The highest BCUT2D eigenvalue weighted by Gasteiger charge is 2.16. The molecule has 0 saturated carbocycles. The molecule has 0 amide bonds. The van der Waals surface area contributed by atoms with Crippen LogP contribution in [0.2, 0.25) is 5.02 Å². The topological polar surface area (TPSA) is 21.6 Å². The molecule has 1 heterocycles. The molecule has 0 saturated heterocycles. The van der Waals surface area contributed by atoms with Crippen LogP contribution in [-0.2, 0) is 11.3 Å². The van der Waals surface area contributed by atoms with Crippen LogP contribution in [0.3, 0.4) is 0 Å². The van der Waals surface area contributed by atoms with Crippen molar-refractivity contribution in [3.8, 4) is 0 Å². The summed E-state index contributed by atoms with van der Waals surface area (Å²) in [6.45, 7) is 1.18. The minimum absolute atomic E-state index is 0.587. The molecule has 3 heteroatoms. The summed E-state index contributed by atoms with van der Waals surface area (Å²) in [4.78, 5) is 4.16. The molecule has 0 N–H and O–H groups in total. The molecule has 1 aromatic rings. The first-order chi connectivity index (χ1) is 6.33. The molecule has 1 aromatic carbocycles. The summed E-state index contributed by atoms with van der Waals surface area (Å²) < 4.78 is 5.37. The molecule has 0 spiro atoms. The molecule has 2 nitrogen and oxygen atoms in total. The Balaban J connectivity index is 2.58. The number of fused-ring (bicyclic) bond motifs is 1. The maximum absolute atomic E-state index is 6.03. The van der Waals surface area contributed by atoms with Gasteiger partial charge >= 0.3 is 0 Å². The number of hydrogen-bond donors (Lipinski definition) is 0. The molecule has 68 valence electrons. The Morgan fingerprint density at radius 2 is 2.23 bits per heavy atom. The zero-order valence-electron chi connectivity index (χ0n) is 7.38. The minimum atomic E-state index is 0.587. The summed E-state index contributed by atoms with van der Waals surface area (Å²) in [5.41, 5.74) is 3.15. The monoisotopic (exact) mass is 195 g/mol. The zero-order chi connectivity index (χ0) is 9.26. The predicted octanol–water partition coefficient (Wildman–Crippen LogP) is 2.29. The van der Waals surface area contributed by atoms with Gasteiger partial charge in [-0.05, 0) is 6.07 Å². The summed E-state index contributed by atoms with van der Waals surface area (Å²) in [5, 5.41) is 0.762. The van der Waals surface area contributed by atoms with Gasteiger partial charge in [-0.1, -0.05) is 23.7 Å². The Hall–Kier alpha value is -0.860. The average molecular weight is 196 g/mol. The van der Waals surface area contributed by atoms with Gasteiger partial charge in [-0.2, -0.15) is 0 Å². The van der Waals surface area contributed by atoms with Crippen LogP contribution in [0.25, 0.3) is 0 Å². The van der Waals surface area contributed by atoms with Crippen LogP contribution < -0.4 is 0 Å². The van der Waals surface area contributed by atoms with Crippen molar-refractivity contribution in [3.63, 3.8) is 0 Å². The van der Waals surface area contributed by atoms with E-state index in [-0.39, 0.29) is 0 Å². The van der Waals surface area contributed by atoms with Crippen molar-refractivity contribution in [1.29, 1.82) is 0 Å². The van der Waals surface area contributed by atoms with Crippen LogP contribution in [0.5, 0.6) is 0 Å². The zero-order valence-corrected chi connectivity index (χ0v) is 8.14. The number of benzene rings is 1. The van der Waals surface area contributed by atoms with E-state index in [1.165, 1.54) is 0 Å². The van der Waals surface area contributed by atoms with E-state index in [9.17, 15) is 0 Å². The molecular weight excluding hydrogens is 186 g/mol. The van der Waals surface area contributed by atoms with Crippen molar-refractivity contribution in [2.24, 2.45) is 4.99 Å². The number of nitrogens with zero attached hydrogens (tertiary/aromatic N) is 1. The van der Waals surface area contributed by atoms with Crippen LogP contribution in [0.4, 0.5) is 0 Å². The van der Waals surface area contributed by atoms with Gasteiger partial charge in [0, 0.05) is 23.2 Å². The molecule has 0 aliphatic carbocycles. The van der Waals surface area contributed by atoms with Crippen molar-refractivity contribution in [2.45, 2.75) is 6.61 Å². The van der Waals surface area contributed by atoms with Gasteiger partial charge in [-0.3, -0.25) is 4.99 Å². The van der Waals surface area contributed by atoms with Crippen LogP contribution in [0.1, 0.15) is 11.1 Å². The molecule has 1 aliphatic heterocycles. The van der Waals surface area contributed by atoms with Gasteiger partial charge in [0.15, 0.2) is 0 Å². The highest BCUT2D eigenvalue weighted by Crippen LogP contribution is 2.24. The molecule has 0 radical (unpaired) electrons. The Kier molecular flexibility index (Phi) is 2.34. The number of aliphatic imine (C=N–C) groups is 1. The Bertz CT molecular complexity index is 360. The van der Waals surface area contributed by atoms with Gasteiger partial charge < -0.3 is 4.74 Å². The van der Waals surface area contributed by atoms with Gasteiger partial charge in [-0.15, -0.1) is 0 Å². The molecule has 0 atom stereocenters. The van der Waals surface area contributed by atoms with E-state index in [1.54, 1.807) is 7.05 Å². The Morgan fingerprint density at radius 3 is 3.00 bits per heavy atom. The van der Waals surface area contributed by atoms with Gasteiger partial charge in [0.2, 0.25) is 0 Å². The average Bonchev–Trinajstić information content (AvgIpc) is 2.18. The third kappa shape index (κ3) is 1.47. The highest BCUT2D eigenvalue weighted by atomic mass is 35.5. The summed E-state index contributed by atoms with van der Waals surface area (Å²) >= 11 is 6.03. The second-order valence-corrected chi connectivity index (χ2v) is 3.34. The van der Waals surface area contributed by atoms with Crippen LogP contribution in [-0.4, -0.2) is 19.4 Å². The molecule has 0 unspecified atom stereocenters. The molecule has 13 heavy (non-hydrogen) atoms. The van der Waals surface area contributed by atoms with Crippen molar-refractivity contribution in [2.75, 3.05) is 13.7 Å². The van der Waals surface area contributed by atoms with E-state index < -0.39 is 0 Å². The minimum Gasteiger partial charge on any atom is -0.370 e. The third-order valence-corrected chi connectivity index (χ3v) is 2.54. The first kappa shape index (κ1) is 8.73. The fraction of sp³-hybridized carbons (Fsp3) is 0.300. The summed E-state index contributed by atoms with van der Waals surface area (Å²) in [7, 11) is 1.77. The number of rotatable bonds is 0. The third-order valence-electron chi connectivity index (χ3n) is 2.18.